The van der Waals surface area contributed by atoms with Crippen LogP contribution in [0, 0.1) is 5.92 Å². The number of nitrogens with zero attached hydrogens (tertiary/aromatic N) is 1. The third-order valence-electron chi connectivity index (χ3n) is 4.83. The zero-order chi connectivity index (χ0) is 18.3. The van der Waals surface area contributed by atoms with Gasteiger partial charge in [-0.05, 0) is 25.1 Å². The van der Waals surface area contributed by atoms with Crippen LogP contribution in [0.3, 0.4) is 0 Å². The fraction of sp³-hybridized carbons (Fsp3) is 0.316. The Morgan fingerprint density at radius 2 is 1.92 bits per heavy atom. The predicted octanol–water partition coefficient (Wildman–Crippen LogP) is 2.59. The second kappa shape index (κ2) is 6.50. The lowest BCUT2D eigenvalue weighted by molar-refractivity contribution is -0.149. The number of sulfonamides is 1. The summed E-state index contributed by atoms with van der Waals surface area (Å²) in [6.07, 6.45) is -0.579. The Balaban J connectivity index is 1.77. The summed E-state index contributed by atoms with van der Waals surface area (Å²) in [5.74, 6) is -0.475. The molecule has 7 heteroatoms. The van der Waals surface area contributed by atoms with E-state index >= 15 is 0 Å². The van der Waals surface area contributed by atoms with Crippen LogP contribution < -0.4 is 4.74 Å². The van der Waals surface area contributed by atoms with Crippen molar-refractivity contribution in [3.05, 3.63) is 60.2 Å². The molecule has 0 saturated carbocycles. The normalized spacial score (nSPS) is 26.5. The van der Waals surface area contributed by atoms with Gasteiger partial charge in [-0.1, -0.05) is 40.6 Å². The average Bonchev–Trinajstić information content (AvgIpc) is 3.20. The molecule has 2 aromatic carbocycles. The number of esters is 1. The van der Waals surface area contributed by atoms with Crippen LogP contribution >= 0.6 is 0 Å². The third-order valence-corrected chi connectivity index (χ3v) is 6.70. The molecule has 4 rings (SSSR count). The van der Waals surface area contributed by atoms with Gasteiger partial charge in [-0.25, -0.2) is 0 Å². The maximum Gasteiger partial charge on any atom is 0.314 e. The minimum absolute atomic E-state index is 0.0414. The lowest BCUT2D eigenvalue weighted by atomic mass is 9.99. The van der Waals surface area contributed by atoms with Gasteiger partial charge in [0, 0.05) is 5.56 Å². The number of carbonyl (C=O) groups excluding carboxylic acids is 1. The van der Waals surface area contributed by atoms with Gasteiger partial charge in [-0.15, -0.1) is 4.31 Å². The molecule has 2 aromatic rings. The summed E-state index contributed by atoms with van der Waals surface area (Å²) in [6, 6.07) is 15.0. The molecular formula is C19H19NO5S. The third kappa shape index (κ3) is 2.63. The van der Waals surface area contributed by atoms with E-state index in [4.69, 9.17) is 9.47 Å². The van der Waals surface area contributed by atoms with Gasteiger partial charge in [0.25, 0.3) is 0 Å². The van der Waals surface area contributed by atoms with E-state index in [1.807, 2.05) is 18.2 Å². The van der Waals surface area contributed by atoms with Crippen LogP contribution in [0.1, 0.15) is 18.5 Å². The van der Waals surface area contributed by atoms with Crippen molar-refractivity contribution in [2.24, 2.45) is 5.92 Å². The van der Waals surface area contributed by atoms with Crippen molar-refractivity contribution >= 4 is 16.4 Å². The molecule has 6 nitrogen and oxygen atoms in total. The molecule has 2 aliphatic rings. The van der Waals surface area contributed by atoms with Crippen LogP contribution in [0.25, 0.3) is 0 Å². The number of hydrogen-bond donors (Lipinski definition) is 0. The zero-order valence-corrected chi connectivity index (χ0v) is 15.1. The summed E-state index contributed by atoms with van der Waals surface area (Å²) < 4.78 is 39.0. The molecule has 1 saturated heterocycles. The fourth-order valence-corrected chi connectivity index (χ4v) is 5.35. The molecule has 136 valence electrons. The SMILES string of the molecule is CCOC(=O)[C@@H]1CN([S+](=O)([O-])c2ccccc2)[C@H]2c3ccccc3O[C@@H]12. The molecular weight excluding hydrogens is 354 g/mol. The predicted molar refractivity (Wildman–Crippen MR) is 94.0 cm³/mol. The van der Waals surface area contributed by atoms with Crippen LogP contribution in [0.2, 0.25) is 0 Å². The highest BCUT2D eigenvalue weighted by Gasteiger charge is 2.58. The van der Waals surface area contributed by atoms with E-state index in [2.05, 4.69) is 0 Å². The lowest BCUT2D eigenvalue weighted by Gasteiger charge is -2.27. The van der Waals surface area contributed by atoms with Crippen molar-refractivity contribution < 1.29 is 23.0 Å². The molecule has 0 spiro atoms. The van der Waals surface area contributed by atoms with Crippen LogP contribution in [0.4, 0.5) is 0 Å². The number of hydrogen-bond acceptors (Lipinski definition) is 5. The quantitative estimate of drug-likeness (QED) is 0.608. The minimum Gasteiger partial charge on any atom is -0.593 e. The Morgan fingerprint density at radius 3 is 2.65 bits per heavy atom. The minimum atomic E-state index is -3.77. The number of carbonyl (C=O) groups is 1. The molecule has 0 aliphatic carbocycles. The second-order valence-electron chi connectivity index (χ2n) is 6.31. The summed E-state index contributed by atoms with van der Waals surface area (Å²) in [6.45, 7) is 2.01. The maximum absolute atomic E-state index is 13.2. The van der Waals surface area contributed by atoms with E-state index in [9.17, 15) is 13.6 Å². The first-order valence-corrected chi connectivity index (χ1v) is 9.97. The summed E-state index contributed by atoms with van der Waals surface area (Å²) in [4.78, 5) is 12.6. The van der Waals surface area contributed by atoms with E-state index < -0.39 is 34.4 Å². The van der Waals surface area contributed by atoms with E-state index in [0.29, 0.717) is 5.75 Å². The molecule has 26 heavy (non-hydrogen) atoms. The van der Waals surface area contributed by atoms with Crippen LogP contribution in [-0.4, -0.2) is 34.1 Å². The van der Waals surface area contributed by atoms with Crippen molar-refractivity contribution in [3.8, 4) is 5.75 Å². The van der Waals surface area contributed by atoms with Crippen molar-refractivity contribution in [1.82, 2.24) is 4.31 Å². The molecule has 0 amide bonds. The van der Waals surface area contributed by atoms with Gasteiger partial charge in [0.15, 0.2) is 15.3 Å². The van der Waals surface area contributed by atoms with E-state index in [1.165, 1.54) is 4.31 Å². The first kappa shape index (κ1) is 17.2. The summed E-state index contributed by atoms with van der Waals surface area (Å²) in [7, 11) is -3.77. The molecule has 2 aliphatic heterocycles. The Kier molecular flexibility index (Phi) is 4.30. The molecule has 1 fully saturated rings. The number of ether oxygens (including phenoxy) is 2. The first-order chi connectivity index (χ1) is 12.5. The number of fused-ring (bicyclic) bond motifs is 3. The monoisotopic (exact) mass is 373 g/mol. The first-order valence-electron chi connectivity index (χ1n) is 8.53. The molecule has 0 aromatic heterocycles. The fourth-order valence-electron chi connectivity index (χ4n) is 3.69. The average molecular weight is 373 g/mol. The number of benzene rings is 2. The molecule has 0 N–H and O–H groups in total. The van der Waals surface area contributed by atoms with Crippen molar-refractivity contribution in [3.63, 3.8) is 0 Å². The Labute approximate surface area is 153 Å². The molecule has 0 radical (unpaired) electrons. The molecule has 0 bridgehead atoms. The topological polar surface area (TPSA) is 78.9 Å². The van der Waals surface area contributed by atoms with Crippen LogP contribution in [0.15, 0.2) is 59.5 Å². The molecule has 4 atom stereocenters. The van der Waals surface area contributed by atoms with Gasteiger partial charge in [0.05, 0.1) is 13.2 Å². The summed E-state index contributed by atoms with van der Waals surface area (Å²) >= 11 is 0. The number of rotatable bonds is 4. The highest BCUT2D eigenvalue weighted by molar-refractivity contribution is 7.95. The number of para-hydroxylation sites is 1. The highest BCUT2D eigenvalue weighted by atomic mass is 32.3. The van der Waals surface area contributed by atoms with E-state index in [1.54, 1.807) is 43.3 Å². The molecule has 2 heterocycles. The Morgan fingerprint density at radius 1 is 1.23 bits per heavy atom. The van der Waals surface area contributed by atoms with Crippen molar-refractivity contribution in [2.75, 3.05) is 13.2 Å². The maximum atomic E-state index is 13.2. The van der Waals surface area contributed by atoms with E-state index in [-0.39, 0.29) is 18.0 Å². The highest BCUT2D eigenvalue weighted by Crippen LogP contribution is 2.50. The largest absolute Gasteiger partial charge is 0.593 e. The van der Waals surface area contributed by atoms with Crippen molar-refractivity contribution in [2.45, 2.75) is 24.0 Å². The van der Waals surface area contributed by atoms with Crippen LogP contribution in [0.5, 0.6) is 5.75 Å². The summed E-state index contributed by atoms with van der Waals surface area (Å²) in [5, 5.41) is 0. The van der Waals surface area contributed by atoms with Gasteiger partial charge in [0.1, 0.15) is 23.8 Å². The summed E-state index contributed by atoms with van der Waals surface area (Å²) in [5.41, 5.74) is 0.781. The standard InChI is InChI=1S/C19H19NO5S/c1-2-24-19(21)15-12-20(26(22,23)13-8-4-3-5-9-13)17-14-10-6-7-11-16(14)25-18(15)17/h3-11,15,17-18H,2,12H2,1H3/t15-,17+,18+/m1/s1. The van der Waals surface area contributed by atoms with Gasteiger partial charge in [-0.2, -0.15) is 0 Å². The zero-order valence-electron chi connectivity index (χ0n) is 14.2. The van der Waals surface area contributed by atoms with E-state index in [0.717, 1.165) is 5.56 Å². The van der Waals surface area contributed by atoms with Gasteiger partial charge in [0.2, 0.25) is 0 Å². The van der Waals surface area contributed by atoms with Crippen LogP contribution in [-0.2, 0) is 24.1 Å². The lowest BCUT2D eigenvalue weighted by Crippen LogP contribution is -2.37. The van der Waals surface area contributed by atoms with Gasteiger partial charge >= 0.3 is 5.97 Å². The molecule has 1 unspecified atom stereocenters. The van der Waals surface area contributed by atoms with Gasteiger partial charge in [-0.3, -0.25) is 4.79 Å². The second-order valence-corrected chi connectivity index (χ2v) is 8.20. The van der Waals surface area contributed by atoms with Gasteiger partial charge < -0.3 is 14.0 Å². The Bertz CT molecular complexity index is 871. The Hall–Kier alpha value is -2.22. The smallest absolute Gasteiger partial charge is 0.314 e. The van der Waals surface area contributed by atoms with Crippen molar-refractivity contribution in [1.29, 1.82) is 0 Å².